The first-order chi connectivity index (χ1) is 14.0. The number of hydrogen-bond donors (Lipinski definition) is 0. The third-order valence-corrected chi connectivity index (χ3v) is 4.87. The van der Waals surface area contributed by atoms with E-state index in [4.69, 9.17) is 14.2 Å². The van der Waals surface area contributed by atoms with Crippen LogP contribution in [-0.4, -0.2) is 28.7 Å². The van der Waals surface area contributed by atoms with E-state index in [-0.39, 0.29) is 18.7 Å². The van der Waals surface area contributed by atoms with Crippen molar-refractivity contribution >= 4 is 32.8 Å². The summed E-state index contributed by atoms with van der Waals surface area (Å²) in [6.45, 7) is 4.58. The van der Waals surface area contributed by atoms with Crippen molar-refractivity contribution in [3.63, 3.8) is 0 Å². The van der Waals surface area contributed by atoms with Crippen molar-refractivity contribution < 1.29 is 19.0 Å². The zero-order valence-electron chi connectivity index (χ0n) is 16.2. The minimum Gasteiger partial charge on any atom is -0.490 e. The normalized spacial score (nSPS) is 10.7. The highest BCUT2D eigenvalue weighted by molar-refractivity contribution is 9.10. The molecule has 0 N–H and O–H groups in total. The average Bonchev–Trinajstić information content (AvgIpc) is 2.71. The highest BCUT2D eigenvalue weighted by Crippen LogP contribution is 2.34. The van der Waals surface area contributed by atoms with Gasteiger partial charge >= 0.3 is 5.97 Å². The lowest BCUT2D eigenvalue weighted by atomic mass is 10.2. The lowest BCUT2D eigenvalue weighted by Gasteiger charge is -2.14. The van der Waals surface area contributed by atoms with Crippen LogP contribution in [0.15, 0.2) is 52.0 Å². The summed E-state index contributed by atoms with van der Waals surface area (Å²) >= 11 is 3.47. The number of hydrogen-bond acceptors (Lipinski definition) is 6. The maximum Gasteiger partial charge on any atom is 0.326 e. The van der Waals surface area contributed by atoms with Gasteiger partial charge in [-0.2, -0.15) is 0 Å². The molecule has 0 spiro atoms. The van der Waals surface area contributed by atoms with Gasteiger partial charge in [-0.15, -0.1) is 0 Å². The predicted molar refractivity (Wildman–Crippen MR) is 112 cm³/mol. The van der Waals surface area contributed by atoms with E-state index in [1.807, 2.05) is 13.8 Å². The Morgan fingerprint density at radius 1 is 1.10 bits per heavy atom. The highest BCUT2D eigenvalue weighted by Gasteiger charge is 2.14. The molecule has 0 saturated heterocycles. The van der Waals surface area contributed by atoms with Crippen molar-refractivity contribution in [2.45, 2.75) is 27.0 Å². The summed E-state index contributed by atoms with van der Waals surface area (Å²) in [5.41, 5.74) is 1.03. The average molecular weight is 461 g/mol. The summed E-state index contributed by atoms with van der Waals surface area (Å²) in [5, 5.41) is 0.457. The van der Waals surface area contributed by atoms with Crippen molar-refractivity contribution in [2.24, 2.45) is 0 Å². The smallest absolute Gasteiger partial charge is 0.326 e. The van der Waals surface area contributed by atoms with Gasteiger partial charge in [0.25, 0.3) is 5.56 Å². The minimum absolute atomic E-state index is 0.0294. The van der Waals surface area contributed by atoms with Crippen LogP contribution in [0.3, 0.4) is 0 Å². The van der Waals surface area contributed by atoms with Crippen molar-refractivity contribution in [1.29, 1.82) is 0 Å². The van der Waals surface area contributed by atoms with Crippen LogP contribution in [0.5, 0.6) is 11.5 Å². The molecule has 3 aromatic rings. The molecule has 0 aliphatic rings. The number of carbonyl (C=O) groups excluding carboxylic acids is 1. The monoisotopic (exact) mass is 460 g/mol. The fraction of sp³-hybridized carbons (Fsp3) is 0.286. The van der Waals surface area contributed by atoms with Gasteiger partial charge in [-0.05, 0) is 38.1 Å². The van der Waals surface area contributed by atoms with Crippen molar-refractivity contribution in [1.82, 2.24) is 9.55 Å². The zero-order chi connectivity index (χ0) is 20.8. The Morgan fingerprint density at radius 2 is 1.79 bits per heavy atom. The van der Waals surface area contributed by atoms with Crippen LogP contribution in [0.2, 0.25) is 0 Å². The molecule has 0 aliphatic heterocycles. The van der Waals surface area contributed by atoms with Crippen molar-refractivity contribution in [3.05, 3.63) is 63.1 Å². The number of ether oxygens (including phenoxy) is 3. The summed E-state index contributed by atoms with van der Waals surface area (Å²) in [4.78, 5) is 29.0. The zero-order valence-corrected chi connectivity index (χ0v) is 17.8. The van der Waals surface area contributed by atoms with E-state index in [0.717, 1.165) is 10.0 Å². The highest BCUT2D eigenvalue weighted by atomic mass is 79.9. The molecule has 1 heterocycles. The molecule has 0 saturated carbocycles. The predicted octanol–water partition coefficient (Wildman–Crippen LogP) is 3.70. The number of nitrogens with zero attached hydrogens (tertiary/aromatic N) is 2. The first-order valence-electron chi connectivity index (χ1n) is 9.21. The standard InChI is InChI=1S/C21H21BrN2O5/c1-3-27-18-9-14(16(22)10-19(18)28-4-2)12-29-20(25)11-24-13-23-17-8-6-5-7-15(17)21(24)26/h5-10,13H,3-4,11-12H2,1-2H3. The van der Waals surface area contributed by atoms with E-state index in [1.165, 1.54) is 10.9 Å². The van der Waals surface area contributed by atoms with Crippen LogP contribution in [-0.2, 0) is 22.7 Å². The van der Waals surface area contributed by atoms with Gasteiger partial charge < -0.3 is 14.2 Å². The number of benzene rings is 2. The third kappa shape index (κ3) is 4.95. The molecular formula is C21H21BrN2O5. The topological polar surface area (TPSA) is 79.7 Å². The van der Waals surface area contributed by atoms with E-state index in [0.29, 0.717) is 35.6 Å². The Labute approximate surface area is 176 Å². The number of fused-ring (bicyclic) bond motifs is 1. The first kappa shape index (κ1) is 20.9. The second-order valence-electron chi connectivity index (χ2n) is 6.11. The van der Waals surface area contributed by atoms with E-state index in [9.17, 15) is 9.59 Å². The fourth-order valence-electron chi connectivity index (χ4n) is 2.79. The van der Waals surface area contributed by atoms with Gasteiger partial charge in [-0.1, -0.05) is 28.1 Å². The summed E-state index contributed by atoms with van der Waals surface area (Å²) in [5.74, 6) is 0.659. The molecule has 7 nitrogen and oxygen atoms in total. The lowest BCUT2D eigenvalue weighted by molar-refractivity contribution is -0.145. The second kappa shape index (κ2) is 9.56. The maximum atomic E-state index is 12.5. The number of aromatic nitrogens is 2. The molecule has 8 heteroatoms. The Hall–Kier alpha value is -2.87. The number of halogens is 1. The molecule has 0 amide bonds. The van der Waals surface area contributed by atoms with Crippen molar-refractivity contribution in [2.75, 3.05) is 13.2 Å². The molecule has 3 rings (SSSR count). The molecule has 0 aliphatic carbocycles. The number of para-hydroxylation sites is 1. The first-order valence-corrected chi connectivity index (χ1v) is 10.0. The van der Waals surface area contributed by atoms with E-state index >= 15 is 0 Å². The number of esters is 1. The Morgan fingerprint density at radius 3 is 2.52 bits per heavy atom. The minimum atomic E-state index is -0.539. The van der Waals surface area contributed by atoms with Crippen LogP contribution >= 0.6 is 15.9 Å². The molecular weight excluding hydrogens is 440 g/mol. The van der Waals surface area contributed by atoms with Crippen LogP contribution in [0, 0.1) is 0 Å². The molecule has 2 aromatic carbocycles. The van der Waals surface area contributed by atoms with Gasteiger partial charge in [0, 0.05) is 10.0 Å². The summed E-state index contributed by atoms with van der Waals surface area (Å²) in [6.07, 6.45) is 1.35. The van der Waals surface area contributed by atoms with Crippen LogP contribution in [0.4, 0.5) is 0 Å². The van der Waals surface area contributed by atoms with Crippen LogP contribution in [0.1, 0.15) is 19.4 Å². The van der Waals surface area contributed by atoms with Crippen molar-refractivity contribution in [3.8, 4) is 11.5 Å². The van der Waals surface area contributed by atoms with E-state index in [1.54, 1.807) is 36.4 Å². The van der Waals surface area contributed by atoms with Gasteiger partial charge in [-0.25, -0.2) is 4.98 Å². The van der Waals surface area contributed by atoms with Gasteiger partial charge in [0.2, 0.25) is 0 Å². The maximum absolute atomic E-state index is 12.5. The Kier molecular flexibility index (Phi) is 6.87. The fourth-order valence-corrected chi connectivity index (χ4v) is 3.22. The van der Waals surface area contributed by atoms with Gasteiger partial charge in [-0.3, -0.25) is 14.2 Å². The number of rotatable bonds is 8. The SMILES string of the molecule is CCOc1cc(Br)c(COC(=O)Cn2cnc3ccccc3c2=O)cc1OCC. The number of carbonyl (C=O) groups is 1. The molecule has 0 fully saturated rings. The van der Waals surface area contributed by atoms with Gasteiger partial charge in [0.15, 0.2) is 11.5 Å². The Balaban J connectivity index is 1.71. The van der Waals surface area contributed by atoms with E-state index in [2.05, 4.69) is 20.9 Å². The molecule has 152 valence electrons. The largest absolute Gasteiger partial charge is 0.490 e. The third-order valence-electron chi connectivity index (χ3n) is 4.13. The lowest BCUT2D eigenvalue weighted by Crippen LogP contribution is -2.25. The molecule has 0 radical (unpaired) electrons. The molecule has 1 aromatic heterocycles. The van der Waals surface area contributed by atoms with E-state index < -0.39 is 5.97 Å². The van der Waals surface area contributed by atoms with Gasteiger partial charge in [0.05, 0.1) is 30.4 Å². The molecule has 0 unspecified atom stereocenters. The summed E-state index contributed by atoms with van der Waals surface area (Å²) < 4.78 is 18.5. The van der Waals surface area contributed by atoms with Gasteiger partial charge in [0.1, 0.15) is 13.2 Å². The summed E-state index contributed by atoms with van der Waals surface area (Å²) in [7, 11) is 0. The molecule has 0 atom stereocenters. The van der Waals surface area contributed by atoms with Crippen LogP contribution in [0.25, 0.3) is 10.9 Å². The second-order valence-corrected chi connectivity index (χ2v) is 6.97. The quantitative estimate of drug-likeness (QED) is 0.476. The molecule has 29 heavy (non-hydrogen) atoms. The Bertz CT molecular complexity index is 1080. The molecule has 0 bridgehead atoms. The van der Waals surface area contributed by atoms with Crippen LogP contribution < -0.4 is 15.0 Å². The summed E-state index contributed by atoms with van der Waals surface area (Å²) in [6, 6.07) is 10.6.